The standard InChI is InChI=1S/C20H26N6O2/c1-16-6-8-18(9-7-16)28-26-19(27)5-3-2-4-12-23-20(24-15-21)25-17-10-13-22-14-11-17/h6,8-11,13-14,16H,2-5,7,12H2,1H3,(H,26,27)(H2,22,23,24,25). The van der Waals surface area contributed by atoms with Gasteiger partial charge in [-0.3, -0.25) is 20.1 Å². The van der Waals surface area contributed by atoms with Crippen LogP contribution in [0.1, 0.15) is 39.0 Å². The summed E-state index contributed by atoms with van der Waals surface area (Å²) in [7, 11) is 0. The van der Waals surface area contributed by atoms with E-state index in [1.165, 1.54) is 0 Å². The monoisotopic (exact) mass is 382 g/mol. The number of hydrogen-bond acceptors (Lipinski definition) is 5. The van der Waals surface area contributed by atoms with Crippen LogP contribution < -0.4 is 16.1 Å². The lowest BCUT2D eigenvalue weighted by atomic mass is 10.0. The molecule has 28 heavy (non-hydrogen) atoms. The number of carbonyl (C=O) groups excluding carboxylic acids is 1. The molecule has 2 rings (SSSR count). The Balaban J connectivity index is 1.59. The van der Waals surface area contributed by atoms with Crippen LogP contribution in [0.15, 0.2) is 53.5 Å². The molecule has 0 spiro atoms. The second-order valence-corrected chi connectivity index (χ2v) is 6.44. The molecule has 8 heteroatoms. The lowest BCUT2D eigenvalue weighted by Gasteiger charge is -2.12. The van der Waals surface area contributed by atoms with Crippen LogP contribution >= 0.6 is 0 Å². The lowest BCUT2D eigenvalue weighted by Crippen LogP contribution is -2.27. The minimum absolute atomic E-state index is 0.136. The lowest BCUT2D eigenvalue weighted by molar-refractivity contribution is -0.130. The van der Waals surface area contributed by atoms with Gasteiger partial charge in [-0.2, -0.15) is 10.7 Å². The van der Waals surface area contributed by atoms with Gasteiger partial charge in [0.25, 0.3) is 5.91 Å². The molecule has 0 aliphatic heterocycles. The van der Waals surface area contributed by atoms with E-state index in [1.807, 2.05) is 18.3 Å². The predicted molar refractivity (Wildman–Crippen MR) is 108 cm³/mol. The summed E-state index contributed by atoms with van der Waals surface area (Å²) in [5.41, 5.74) is 3.27. The topological polar surface area (TPSA) is 111 Å². The SMILES string of the molecule is CC1C=CC(ONC(=O)CCCCCN=C(NC#N)Nc2ccncc2)=CC1. The van der Waals surface area contributed by atoms with E-state index in [0.717, 1.165) is 31.4 Å². The Morgan fingerprint density at radius 1 is 1.36 bits per heavy atom. The third-order valence-electron chi connectivity index (χ3n) is 4.01. The Morgan fingerprint density at radius 3 is 2.89 bits per heavy atom. The van der Waals surface area contributed by atoms with Crippen LogP contribution in [-0.2, 0) is 9.63 Å². The Morgan fingerprint density at radius 2 is 2.18 bits per heavy atom. The number of nitriles is 1. The van der Waals surface area contributed by atoms with Crippen molar-refractivity contribution in [1.29, 1.82) is 5.26 Å². The van der Waals surface area contributed by atoms with Crippen LogP contribution in [0, 0.1) is 17.4 Å². The second-order valence-electron chi connectivity index (χ2n) is 6.44. The first-order chi connectivity index (χ1) is 13.7. The molecule has 0 radical (unpaired) electrons. The van der Waals surface area contributed by atoms with E-state index in [1.54, 1.807) is 24.5 Å². The van der Waals surface area contributed by atoms with Crippen molar-refractivity contribution in [1.82, 2.24) is 15.8 Å². The number of hydrogen-bond donors (Lipinski definition) is 3. The maximum atomic E-state index is 11.8. The van der Waals surface area contributed by atoms with E-state index in [4.69, 9.17) is 10.1 Å². The summed E-state index contributed by atoms with van der Waals surface area (Å²) in [6.07, 6.45) is 14.8. The van der Waals surface area contributed by atoms with Gasteiger partial charge in [0.05, 0.1) is 0 Å². The average molecular weight is 382 g/mol. The van der Waals surface area contributed by atoms with Crippen molar-refractivity contribution < 1.29 is 9.63 Å². The zero-order valence-corrected chi connectivity index (χ0v) is 16.0. The van der Waals surface area contributed by atoms with Crippen LogP contribution in [0.3, 0.4) is 0 Å². The fourth-order valence-electron chi connectivity index (χ4n) is 2.45. The Hall–Kier alpha value is -3.34. The number of hydroxylamine groups is 1. The molecule has 1 aliphatic rings. The molecule has 1 amide bonds. The van der Waals surface area contributed by atoms with E-state index >= 15 is 0 Å². The number of aliphatic imine (C=N–C) groups is 1. The highest BCUT2D eigenvalue weighted by Crippen LogP contribution is 2.15. The first-order valence-corrected chi connectivity index (χ1v) is 9.38. The summed E-state index contributed by atoms with van der Waals surface area (Å²) in [5, 5.41) is 14.4. The van der Waals surface area contributed by atoms with E-state index in [0.29, 0.717) is 30.6 Å². The number of amides is 1. The van der Waals surface area contributed by atoms with Gasteiger partial charge in [-0.15, -0.1) is 0 Å². The van der Waals surface area contributed by atoms with Gasteiger partial charge in [-0.1, -0.05) is 19.4 Å². The molecule has 148 valence electrons. The third-order valence-corrected chi connectivity index (χ3v) is 4.01. The van der Waals surface area contributed by atoms with Crippen molar-refractivity contribution in [2.75, 3.05) is 11.9 Å². The molecule has 0 bridgehead atoms. The highest BCUT2D eigenvalue weighted by atomic mass is 16.7. The number of nitrogens with one attached hydrogen (secondary N) is 3. The zero-order valence-electron chi connectivity index (χ0n) is 16.0. The van der Waals surface area contributed by atoms with Crippen LogP contribution in [0.25, 0.3) is 0 Å². The quantitative estimate of drug-likeness (QED) is 0.151. The third kappa shape index (κ3) is 8.36. The van der Waals surface area contributed by atoms with Crippen LogP contribution in [0.2, 0.25) is 0 Å². The van der Waals surface area contributed by atoms with Gasteiger partial charge in [0.15, 0.2) is 12.0 Å². The molecule has 1 aliphatic carbocycles. The molecule has 0 saturated heterocycles. The van der Waals surface area contributed by atoms with Crippen LogP contribution in [0.5, 0.6) is 0 Å². The van der Waals surface area contributed by atoms with Gasteiger partial charge >= 0.3 is 0 Å². The van der Waals surface area contributed by atoms with Gasteiger partial charge in [0.2, 0.25) is 5.96 Å². The number of allylic oxidation sites excluding steroid dienone is 3. The maximum absolute atomic E-state index is 11.8. The zero-order chi connectivity index (χ0) is 20.0. The number of pyridine rings is 1. The number of anilines is 1. The summed E-state index contributed by atoms with van der Waals surface area (Å²) < 4.78 is 0. The van der Waals surface area contributed by atoms with Crippen molar-refractivity contribution in [3.8, 4) is 6.19 Å². The van der Waals surface area contributed by atoms with E-state index < -0.39 is 0 Å². The summed E-state index contributed by atoms with van der Waals surface area (Å²) in [6, 6.07) is 3.57. The number of nitrogens with zero attached hydrogens (tertiary/aromatic N) is 3. The number of aromatic nitrogens is 1. The summed E-state index contributed by atoms with van der Waals surface area (Å²) in [6.45, 7) is 2.68. The van der Waals surface area contributed by atoms with Gasteiger partial charge in [-0.25, -0.2) is 0 Å². The summed E-state index contributed by atoms with van der Waals surface area (Å²) >= 11 is 0. The van der Waals surface area contributed by atoms with E-state index in [-0.39, 0.29) is 5.91 Å². The molecule has 1 aromatic rings. The Labute approximate surface area is 165 Å². The molecular formula is C20H26N6O2. The highest BCUT2D eigenvalue weighted by Gasteiger charge is 2.07. The fraction of sp³-hybridized carbons (Fsp3) is 0.400. The molecule has 1 unspecified atom stereocenters. The van der Waals surface area contributed by atoms with Crippen LogP contribution in [0.4, 0.5) is 5.69 Å². The van der Waals surface area contributed by atoms with Crippen molar-refractivity contribution >= 4 is 17.6 Å². The largest absolute Gasteiger partial charge is 0.380 e. The molecule has 3 N–H and O–H groups in total. The smallest absolute Gasteiger partial charge is 0.252 e. The first kappa shape index (κ1) is 21.0. The van der Waals surface area contributed by atoms with Gasteiger partial charge < -0.3 is 10.2 Å². The molecule has 8 nitrogen and oxygen atoms in total. The summed E-state index contributed by atoms with van der Waals surface area (Å²) in [5.74, 6) is 1.44. The van der Waals surface area contributed by atoms with Gasteiger partial charge in [-0.05, 0) is 49.5 Å². The second kappa shape index (κ2) is 12.1. The number of carbonyl (C=O) groups is 1. The molecule has 1 heterocycles. The molecule has 1 aromatic heterocycles. The van der Waals surface area contributed by atoms with Crippen molar-refractivity contribution in [3.63, 3.8) is 0 Å². The predicted octanol–water partition coefficient (Wildman–Crippen LogP) is 3.01. The Bertz CT molecular complexity index is 752. The van der Waals surface area contributed by atoms with Gasteiger partial charge in [0.1, 0.15) is 0 Å². The van der Waals surface area contributed by atoms with Crippen LogP contribution in [-0.4, -0.2) is 23.4 Å². The van der Waals surface area contributed by atoms with Crippen molar-refractivity contribution in [2.45, 2.75) is 39.0 Å². The number of guanidine groups is 1. The fourth-order valence-corrected chi connectivity index (χ4v) is 2.45. The van der Waals surface area contributed by atoms with Crippen molar-refractivity contribution in [2.24, 2.45) is 10.9 Å². The summed E-state index contributed by atoms with van der Waals surface area (Å²) in [4.78, 5) is 25.4. The van der Waals surface area contributed by atoms with Gasteiger partial charge in [0, 0.05) is 31.0 Å². The Kier molecular flexibility index (Phi) is 9.08. The molecular weight excluding hydrogens is 356 g/mol. The minimum Gasteiger partial charge on any atom is -0.380 e. The minimum atomic E-state index is -0.136. The molecule has 0 aromatic carbocycles. The normalized spacial score (nSPS) is 15.9. The molecule has 0 saturated carbocycles. The number of unbranched alkanes of at least 4 members (excludes halogenated alkanes) is 2. The van der Waals surface area contributed by atoms with E-state index in [2.05, 4.69) is 39.1 Å². The number of rotatable bonds is 9. The molecule has 1 atom stereocenters. The van der Waals surface area contributed by atoms with E-state index in [9.17, 15) is 4.79 Å². The highest BCUT2D eigenvalue weighted by molar-refractivity contribution is 5.94. The first-order valence-electron chi connectivity index (χ1n) is 9.38. The van der Waals surface area contributed by atoms with Crippen molar-refractivity contribution in [3.05, 3.63) is 48.5 Å². The average Bonchev–Trinajstić information content (AvgIpc) is 2.71. The maximum Gasteiger partial charge on any atom is 0.252 e. The molecule has 0 fully saturated rings.